The first kappa shape index (κ1) is 12.7. The molecule has 0 radical (unpaired) electrons. The highest BCUT2D eigenvalue weighted by atomic mass is 16.6. The van der Waals surface area contributed by atoms with Crippen LogP contribution in [0, 0.1) is 0 Å². The van der Waals surface area contributed by atoms with Gasteiger partial charge in [-0.2, -0.15) is 0 Å². The van der Waals surface area contributed by atoms with Gasteiger partial charge < -0.3 is 4.74 Å². The van der Waals surface area contributed by atoms with Crippen LogP contribution in [0.1, 0.15) is 17.0 Å². The second-order valence-electron chi connectivity index (χ2n) is 4.85. The third-order valence-corrected chi connectivity index (χ3v) is 3.65. The van der Waals surface area contributed by atoms with Crippen molar-refractivity contribution in [2.45, 2.75) is 12.0 Å². The normalized spacial score (nSPS) is 18.4. The molecule has 2 aromatic rings. The van der Waals surface area contributed by atoms with Gasteiger partial charge in [-0.25, -0.2) is 15.6 Å². The summed E-state index contributed by atoms with van der Waals surface area (Å²) < 4.78 is 5.06. The third kappa shape index (κ3) is 2.26. The van der Waals surface area contributed by atoms with Crippen molar-refractivity contribution in [1.29, 1.82) is 0 Å². The first-order valence-corrected chi connectivity index (χ1v) is 6.58. The lowest BCUT2D eigenvalue weighted by Crippen LogP contribution is -2.43. The summed E-state index contributed by atoms with van der Waals surface area (Å²) in [6.45, 7) is 0.309. The standard InChI is InChI=1S/C16H16N2O2/c17-18-14(11-20-16(18)19)15(12-7-3-1-4-8-12)13-9-5-2-6-10-13/h1-10,14-15H,11,17H2/t14-/m1/s1. The molecule has 20 heavy (non-hydrogen) atoms. The topological polar surface area (TPSA) is 55.6 Å². The molecule has 1 heterocycles. The van der Waals surface area contributed by atoms with E-state index in [0.717, 1.165) is 11.1 Å². The molecule has 1 saturated heterocycles. The van der Waals surface area contributed by atoms with Gasteiger partial charge in [0, 0.05) is 5.92 Å². The van der Waals surface area contributed by atoms with Gasteiger partial charge in [-0.1, -0.05) is 60.7 Å². The number of hydrogen-bond acceptors (Lipinski definition) is 3. The minimum atomic E-state index is -0.466. The SMILES string of the molecule is NN1C(=O)OC[C@@H]1C(c1ccccc1)c1ccccc1. The summed E-state index contributed by atoms with van der Waals surface area (Å²) in [6, 6.07) is 19.9. The van der Waals surface area contributed by atoms with Crippen molar-refractivity contribution in [3.8, 4) is 0 Å². The van der Waals surface area contributed by atoms with Gasteiger partial charge in [0.25, 0.3) is 0 Å². The molecule has 1 aliphatic rings. The van der Waals surface area contributed by atoms with Crippen LogP contribution in [0.15, 0.2) is 60.7 Å². The number of hydrogen-bond donors (Lipinski definition) is 1. The summed E-state index contributed by atoms with van der Waals surface area (Å²) in [4.78, 5) is 11.5. The number of hydrazine groups is 1. The Hall–Kier alpha value is -2.33. The van der Waals surface area contributed by atoms with Gasteiger partial charge in [0.05, 0.1) is 6.04 Å². The van der Waals surface area contributed by atoms with Gasteiger partial charge in [0.1, 0.15) is 6.61 Å². The van der Waals surface area contributed by atoms with E-state index in [4.69, 9.17) is 10.6 Å². The van der Waals surface area contributed by atoms with Gasteiger partial charge in [-0.3, -0.25) is 0 Å². The molecule has 0 aromatic heterocycles. The van der Waals surface area contributed by atoms with Gasteiger partial charge in [0.15, 0.2) is 0 Å². The van der Waals surface area contributed by atoms with E-state index in [9.17, 15) is 4.79 Å². The highest BCUT2D eigenvalue weighted by Gasteiger charge is 2.38. The third-order valence-electron chi connectivity index (χ3n) is 3.65. The van der Waals surface area contributed by atoms with Crippen LogP contribution in [0.4, 0.5) is 4.79 Å². The molecule has 0 unspecified atom stereocenters. The number of rotatable bonds is 3. The molecule has 0 bridgehead atoms. The number of cyclic esters (lactones) is 1. The zero-order valence-electron chi connectivity index (χ0n) is 11.0. The largest absolute Gasteiger partial charge is 0.446 e. The van der Waals surface area contributed by atoms with Crippen LogP contribution < -0.4 is 5.84 Å². The maximum atomic E-state index is 11.5. The smallest absolute Gasteiger partial charge is 0.424 e. The molecule has 1 aliphatic heterocycles. The molecule has 0 saturated carbocycles. The van der Waals surface area contributed by atoms with Crippen molar-refractivity contribution in [3.05, 3.63) is 71.8 Å². The quantitative estimate of drug-likeness (QED) is 0.687. The lowest BCUT2D eigenvalue weighted by atomic mass is 9.85. The number of amides is 1. The fourth-order valence-electron chi connectivity index (χ4n) is 2.66. The van der Waals surface area contributed by atoms with Gasteiger partial charge >= 0.3 is 6.09 Å². The number of carbonyl (C=O) groups excluding carboxylic acids is 1. The van der Waals surface area contributed by atoms with Crippen LogP contribution in [0.2, 0.25) is 0 Å². The average molecular weight is 268 g/mol. The highest BCUT2D eigenvalue weighted by Crippen LogP contribution is 2.32. The summed E-state index contributed by atoms with van der Waals surface area (Å²) >= 11 is 0. The maximum Gasteiger partial charge on any atom is 0.424 e. The van der Waals surface area contributed by atoms with Crippen LogP contribution >= 0.6 is 0 Å². The number of nitrogens with two attached hydrogens (primary N) is 1. The van der Waals surface area contributed by atoms with Gasteiger partial charge in [-0.05, 0) is 11.1 Å². The van der Waals surface area contributed by atoms with Gasteiger partial charge in [0.2, 0.25) is 0 Å². The van der Waals surface area contributed by atoms with Crippen LogP contribution in [0.3, 0.4) is 0 Å². The Kier molecular flexibility index (Phi) is 3.39. The first-order chi connectivity index (χ1) is 9.77. The summed E-state index contributed by atoms with van der Waals surface area (Å²) in [6.07, 6.45) is -0.466. The van der Waals surface area contributed by atoms with E-state index in [2.05, 4.69) is 0 Å². The van der Waals surface area contributed by atoms with E-state index in [1.165, 1.54) is 5.01 Å². The molecule has 4 heteroatoms. The van der Waals surface area contributed by atoms with E-state index in [1.54, 1.807) is 0 Å². The van der Waals surface area contributed by atoms with Crippen LogP contribution in [0.25, 0.3) is 0 Å². The Balaban J connectivity index is 2.03. The highest BCUT2D eigenvalue weighted by molar-refractivity contribution is 5.69. The number of carbonyl (C=O) groups is 1. The molecule has 0 aliphatic carbocycles. The van der Waals surface area contributed by atoms with Crippen molar-refractivity contribution in [1.82, 2.24) is 5.01 Å². The molecule has 2 N–H and O–H groups in total. The zero-order valence-corrected chi connectivity index (χ0v) is 11.0. The molecule has 0 spiro atoms. The minimum Gasteiger partial charge on any atom is -0.446 e. The average Bonchev–Trinajstić information content (AvgIpc) is 2.82. The Morgan fingerprint density at radius 1 is 1.00 bits per heavy atom. The Morgan fingerprint density at radius 2 is 1.50 bits per heavy atom. The molecule has 4 nitrogen and oxygen atoms in total. The van der Waals surface area contributed by atoms with E-state index >= 15 is 0 Å². The summed E-state index contributed by atoms with van der Waals surface area (Å²) in [5, 5.41) is 1.20. The molecule has 102 valence electrons. The predicted octanol–water partition coefficient (Wildman–Crippen LogP) is 2.51. The maximum absolute atomic E-state index is 11.5. The second-order valence-corrected chi connectivity index (χ2v) is 4.85. The first-order valence-electron chi connectivity index (χ1n) is 6.58. The summed E-state index contributed by atoms with van der Waals surface area (Å²) in [5.41, 5.74) is 2.25. The van der Waals surface area contributed by atoms with E-state index in [1.807, 2.05) is 60.7 Å². The predicted molar refractivity (Wildman–Crippen MR) is 75.9 cm³/mol. The molecule has 1 fully saturated rings. The minimum absolute atomic E-state index is 0.00819. The van der Waals surface area contributed by atoms with Crippen molar-refractivity contribution in [2.75, 3.05) is 6.61 Å². The Morgan fingerprint density at radius 3 is 1.90 bits per heavy atom. The molecular weight excluding hydrogens is 252 g/mol. The summed E-state index contributed by atoms with van der Waals surface area (Å²) in [7, 11) is 0. The molecule has 1 atom stereocenters. The Labute approximate surface area is 117 Å². The monoisotopic (exact) mass is 268 g/mol. The number of benzene rings is 2. The molecule has 2 aromatic carbocycles. The second kappa shape index (κ2) is 5.35. The lowest BCUT2D eigenvalue weighted by Gasteiger charge is -2.26. The van der Waals surface area contributed by atoms with E-state index < -0.39 is 6.09 Å². The number of nitrogens with zero attached hydrogens (tertiary/aromatic N) is 1. The zero-order chi connectivity index (χ0) is 13.9. The fourth-order valence-corrected chi connectivity index (χ4v) is 2.66. The lowest BCUT2D eigenvalue weighted by molar-refractivity contribution is 0.158. The molecular formula is C16H16N2O2. The summed E-state index contributed by atoms with van der Waals surface area (Å²) in [5.74, 6) is 5.87. The van der Waals surface area contributed by atoms with Crippen LogP contribution in [-0.4, -0.2) is 23.8 Å². The van der Waals surface area contributed by atoms with Crippen molar-refractivity contribution in [3.63, 3.8) is 0 Å². The van der Waals surface area contributed by atoms with Crippen LogP contribution in [0.5, 0.6) is 0 Å². The van der Waals surface area contributed by atoms with E-state index in [-0.39, 0.29) is 12.0 Å². The van der Waals surface area contributed by atoms with Crippen LogP contribution in [-0.2, 0) is 4.74 Å². The van der Waals surface area contributed by atoms with Crippen molar-refractivity contribution < 1.29 is 9.53 Å². The Bertz CT molecular complexity index is 546. The van der Waals surface area contributed by atoms with Crippen molar-refractivity contribution >= 4 is 6.09 Å². The van der Waals surface area contributed by atoms with Gasteiger partial charge in [-0.15, -0.1) is 0 Å². The molecule has 3 rings (SSSR count). The molecule has 1 amide bonds. The number of ether oxygens (including phenoxy) is 1. The van der Waals surface area contributed by atoms with E-state index in [0.29, 0.717) is 6.61 Å². The van der Waals surface area contributed by atoms with Crippen molar-refractivity contribution in [2.24, 2.45) is 5.84 Å². The fraction of sp³-hybridized carbons (Fsp3) is 0.188.